The second kappa shape index (κ2) is 7.40. The van der Waals surface area contributed by atoms with Crippen LogP contribution in [0.25, 0.3) is 0 Å². The van der Waals surface area contributed by atoms with Crippen molar-refractivity contribution in [1.82, 2.24) is 14.5 Å². The zero-order chi connectivity index (χ0) is 18.8. The highest BCUT2D eigenvalue weighted by Gasteiger charge is 2.57. The lowest BCUT2D eigenvalue weighted by Gasteiger charge is -2.37. The van der Waals surface area contributed by atoms with Crippen LogP contribution in [0.2, 0.25) is 0 Å². The zero-order valence-electron chi connectivity index (χ0n) is 14.4. The van der Waals surface area contributed by atoms with E-state index in [-0.39, 0.29) is 5.17 Å². The van der Waals surface area contributed by atoms with Crippen molar-refractivity contribution in [3.63, 3.8) is 0 Å². The van der Waals surface area contributed by atoms with Gasteiger partial charge >= 0.3 is 11.9 Å². The molecule has 2 aliphatic rings. The van der Waals surface area contributed by atoms with Crippen LogP contribution in [0.15, 0.2) is 18.7 Å². The second-order valence-corrected chi connectivity index (χ2v) is 6.51. The van der Waals surface area contributed by atoms with E-state index in [4.69, 9.17) is 26.4 Å². The summed E-state index contributed by atoms with van der Waals surface area (Å²) in [5.74, 6) is -1.58. The fourth-order valence-electron chi connectivity index (χ4n) is 3.42. The normalized spacial score (nSPS) is 27.6. The van der Waals surface area contributed by atoms with Gasteiger partial charge in [-0.1, -0.05) is 0 Å². The molecule has 3 rings (SSSR count). The third-order valence-corrected chi connectivity index (χ3v) is 4.66. The number of hydrogen-bond donors (Lipinski definition) is 0. The summed E-state index contributed by atoms with van der Waals surface area (Å²) in [5.41, 5.74) is 0. The molecule has 2 fully saturated rings. The molecule has 0 aliphatic carbocycles. The van der Waals surface area contributed by atoms with Gasteiger partial charge in [0.2, 0.25) is 6.10 Å². The SMILES string of the molecule is CC(=O)O[C@@H]1[C@@H](OC(C)=O)C(=O)N2CCCC(OC(=S)n3ccnc3)[C@@H]12. The zero-order valence-corrected chi connectivity index (χ0v) is 15.2. The summed E-state index contributed by atoms with van der Waals surface area (Å²) in [6, 6.07) is -0.578. The molecule has 3 heterocycles. The van der Waals surface area contributed by atoms with Crippen molar-refractivity contribution in [3.8, 4) is 0 Å². The van der Waals surface area contributed by atoms with Crippen molar-refractivity contribution in [1.29, 1.82) is 0 Å². The van der Waals surface area contributed by atoms with E-state index < -0.39 is 42.2 Å². The molecule has 4 atom stereocenters. The van der Waals surface area contributed by atoms with Gasteiger partial charge in [-0.05, 0) is 25.1 Å². The Bertz CT molecular complexity index is 722. The van der Waals surface area contributed by atoms with Gasteiger partial charge in [0.25, 0.3) is 11.1 Å². The van der Waals surface area contributed by atoms with Crippen LogP contribution >= 0.6 is 12.2 Å². The number of imidazole rings is 1. The Morgan fingerprint density at radius 3 is 2.58 bits per heavy atom. The predicted molar refractivity (Wildman–Crippen MR) is 90.9 cm³/mol. The highest BCUT2D eigenvalue weighted by atomic mass is 32.1. The molecule has 1 aromatic rings. The number of hydrogen-bond acceptors (Lipinski definition) is 8. The van der Waals surface area contributed by atoms with Crippen molar-refractivity contribution < 1.29 is 28.6 Å². The number of fused-ring (bicyclic) bond motifs is 1. The van der Waals surface area contributed by atoms with E-state index >= 15 is 0 Å². The molecule has 9 nitrogen and oxygen atoms in total. The average Bonchev–Trinajstić information content (AvgIpc) is 3.18. The van der Waals surface area contributed by atoms with E-state index in [9.17, 15) is 14.4 Å². The molecule has 0 saturated carbocycles. The summed E-state index contributed by atoms with van der Waals surface area (Å²) in [6.07, 6.45) is 3.43. The van der Waals surface area contributed by atoms with Crippen molar-refractivity contribution in [2.24, 2.45) is 0 Å². The largest absolute Gasteiger partial charge is 0.465 e. The van der Waals surface area contributed by atoms with Crippen LogP contribution in [0, 0.1) is 0 Å². The summed E-state index contributed by atoms with van der Waals surface area (Å²) >= 11 is 5.27. The highest BCUT2D eigenvalue weighted by Crippen LogP contribution is 2.34. The molecule has 2 aliphatic heterocycles. The molecule has 0 bridgehead atoms. The number of carbonyl (C=O) groups excluding carboxylic acids is 3. The lowest BCUT2D eigenvalue weighted by Crippen LogP contribution is -2.52. The molecule has 1 amide bonds. The third-order valence-electron chi connectivity index (χ3n) is 4.35. The van der Waals surface area contributed by atoms with E-state index in [0.717, 1.165) is 0 Å². The number of thiocarbonyl (C=S) groups is 1. The molecule has 0 aromatic carbocycles. The molecule has 0 radical (unpaired) electrons. The first kappa shape index (κ1) is 18.3. The topological polar surface area (TPSA) is 100.0 Å². The summed E-state index contributed by atoms with van der Waals surface area (Å²) in [6.45, 7) is 2.92. The highest BCUT2D eigenvalue weighted by molar-refractivity contribution is 7.80. The van der Waals surface area contributed by atoms with Gasteiger partial charge in [0.05, 0.1) is 0 Å². The smallest absolute Gasteiger partial charge is 0.303 e. The summed E-state index contributed by atoms with van der Waals surface area (Å²) in [5, 5.41) is 0.180. The van der Waals surface area contributed by atoms with Crippen LogP contribution in [0.3, 0.4) is 0 Å². The van der Waals surface area contributed by atoms with Crippen LogP contribution in [0.4, 0.5) is 0 Å². The quantitative estimate of drug-likeness (QED) is 0.543. The number of nitrogens with zero attached hydrogens (tertiary/aromatic N) is 3. The fraction of sp³-hybridized carbons (Fsp3) is 0.562. The first-order valence-corrected chi connectivity index (χ1v) is 8.63. The standard InChI is InChI=1S/C16H19N3O6S/c1-9(20)23-13-12-11(25-16(26)18-7-5-17-8-18)4-3-6-19(12)15(22)14(13)24-10(2)21/h5,7-8,11-14H,3-4,6H2,1-2H3/t11?,12-,13-,14+/m0/s1. The van der Waals surface area contributed by atoms with Crippen molar-refractivity contribution in [2.75, 3.05) is 6.54 Å². The van der Waals surface area contributed by atoms with Gasteiger partial charge in [-0.25, -0.2) is 4.98 Å². The second-order valence-electron chi connectivity index (χ2n) is 6.16. The monoisotopic (exact) mass is 381 g/mol. The molecule has 10 heteroatoms. The number of esters is 2. The van der Waals surface area contributed by atoms with Gasteiger partial charge in [-0.15, -0.1) is 0 Å². The van der Waals surface area contributed by atoms with E-state index in [0.29, 0.717) is 19.4 Å². The molecular formula is C16H19N3O6S. The average molecular weight is 381 g/mol. The predicted octanol–water partition coefficient (Wildman–Crippen LogP) is 0.269. The van der Waals surface area contributed by atoms with Gasteiger partial charge in [0.1, 0.15) is 18.5 Å². The van der Waals surface area contributed by atoms with Crippen molar-refractivity contribution >= 4 is 35.2 Å². The molecule has 140 valence electrons. The summed E-state index contributed by atoms with van der Waals surface area (Å²) in [4.78, 5) is 41.1. The first-order chi connectivity index (χ1) is 12.4. The van der Waals surface area contributed by atoms with Gasteiger partial charge in [0, 0.05) is 32.8 Å². The van der Waals surface area contributed by atoms with Crippen molar-refractivity contribution in [3.05, 3.63) is 18.7 Å². The Hall–Kier alpha value is -2.49. The molecule has 1 unspecified atom stereocenters. The maximum absolute atomic E-state index is 12.7. The summed E-state index contributed by atoms with van der Waals surface area (Å²) in [7, 11) is 0. The molecule has 0 N–H and O–H groups in total. The lowest BCUT2D eigenvalue weighted by atomic mass is 9.96. The van der Waals surface area contributed by atoms with Crippen LogP contribution in [-0.4, -0.2) is 68.4 Å². The maximum Gasteiger partial charge on any atom is 0.303 e. The Labute approximate surface area is 155 Å². The molecule has 1 aromatic heterocycles. The van der Waals surface area contributed by atoms with Gasteiger partial charge in [-0.2, -0.15) is 0 Å². The Kier molecular flexibility index (Phi) is 5.21. The number of piperidine rings is 1. The number of rotatable bonds is 3. The molecule has 0 spiro atoms. The minimum atomic E-state index is -1.17. The van der Waals surface area contributed by atoms with E-state index in [2.05, 4.69) is 4.98 Å². The first-order valence-electron chi connectivity index (χ1n) is 8.22. The van der Waals surface area contributed by atoms with Gasteiger partial charge in [-0.3, -0.25) is 19.0 Å². The minimum Gasteiger partial charge on any atom is -0.465 e. The van der Waals surface area contributed by atoms with Crippen LogP contribution in [-0.2, 0) is 28.6 Å². The number of ether oxygens (including phenoxy) is 3. The van der Waals surface area contributed by atoms with Crippen LogP contribution < -0.4 is 0 Å². The number of carbonyl (C=O) groups is 3. The lowest BCUT2D eigenvalue weighted by molar-refractivity contribution is -0.166. The fourth-order valence-corrected chi connectivity index (χ4v) is 3.65. The Morgan fingerprint density at radius 1 is 1.23 bits per heavy atom. The Balaban J connectivity index is 1.85. The maximum atomic E-state index is 12.7. The van der Waals surface area contributed by atoms with Crippen molar-refractivity contribution in [2.45, 2.75) is 51.0 Å². The van der Waals surface area contributed by atoms with Gasteiger partial charge < -0.3 is 19.1 Å². The number of amides is 1. The molecule has 26 heavy (non-hydrogen) atoms. The summed E-state index contributed by atoms with van der Waals surface area (Å²) < 4.78 is 17.9. The van der Waals surface area contributed by atoms with E-state index in [1.165, 1.54) is 24.7 Å². The van der Waals surface area contributed by atoms with Gasteiger partial charge in [0.15, 0.2) is 6.10 Å². The van der Waals surface area contributed by atoms with E-state index in [1.807, 2.05) is 0 Å². The third kappa shape index (κ3) is 3.55. The van der Waals surface area contributed by atoms with Crippen LogP contribution in [0.5, 0.6) is 0 Å². The Morgan fingerprint density at radius 2 is 1.96 bits per heavy atom. The van der Waals surface area contributed by atoms with E-state index in [1.54, 1.807) is 17.3 Å². The minimum absolute atomic E-state index is 0.180. The molecular weight excluding hydrogens is 362 g/mol. The molecule has 2 saturated heterocycles. The number of aromatic nitrogens is 2. The van der Waals surface area contributed by atoms with Crippen LogP contribution in [0.1, 0.15) is 26.7 Å².